The predicted molar refractivity (Wildman–Crippen MR) is 179 cm³/mol. The van der Waals surface area contributed by atoms with Gasteiger partial charge in [-0.3, -0.25) is 9.09 Å². The number of carbonyl (C=O) groups is 1. The van der Waals surface area contributed by atoms with Gasteiger partial charge in [-0.15, -0.1) is 0 Å². The summed E-state index contributed by atoms with van der Waals surface area (Å²) in [6.07, 6.45) is 17.7. The molecule has 0 radical (unpaired) electrons. The highest BCUT2D eigenvalue weighted by Crippen LogP contribution is 2.50. The maximum absolute atomic E-state index is 14.1. The van der Waals surface area contributed by atoms with Gasteiger partial charge in [0.25, 0.3) is 7.82 Å². The molecule has 0 aliphatic heterocycles. The number of aryl methyl sites for hydroxylation is 1. The number of benzene rings is 1. The Hall–Kier alpha value is -1.92. The molecule has 1 N–H and O–H groups in total. The third-order valence-electron chi connectivity index (χ3n) is 9.48. The number of hydrogen-bond donors (Lipinski definition) is 1. The number of ether oxygens (including phenoxy) is 1. The smallest absolute Gasteiger partial charge is 0.344 e. The van der Waals surface area contributed by atoms with Crippen LogP contribution in [0.4, 0.5) is 0 Å². The molecule has 0 saturated heterocycles. The summed E-state index contributed by atoms with van der Waals surface area (Å²) in [5.41, 5.74) is 1.97. The van der Waals surface area contributed by atoms with Gasteiger partial charge in [0.05, 0.1) is 6.61 Å². The minimum atomic E-state index is -4.78. The monoisotopic (exact) mass is 645 g/mol. The Morgan fingerprint density at radius 2 is 1.67 bits per heavy atom. The van der Waals surface area contributed by atoms with Gasteiger partial charge in [-0.2, -0.15) is 0 Å². The number of rotatable bonds is 19. The summed E-state index contributed by atoms with van der Waals surface area (Å²) in [5.74, 6) is -0.535. The van der Waals surface area contributed by atoms with E-state index in [1.807, 2.05) is 13.0 Å². The molecule has 1 fully saturated rings. The van der Waals surface area contributed by atoms with E-state index in [2.05, 4.69) is 33.4 Å². The van der Waals surface area contributed by atoms with Gasteiger partial charge in [-0.1, -0.05) is 95.4 Å². The van der Waals surface area contributed by atoms with Crippen molar-refractivity contribution in [3.63, 3.8) is 0 Å². The second kappa shape index (κ2) is 18.4. The highest BCUT2D eigenvalue weighted by atomic mass is 31.2. The largest absolute Gasteiger partial charge is 0.756 e. The van der Waals surface area contributed by atoms with Crippen LogP contribution in [0.25, 0.3) is 0 Å². The van der Waals surface area contributed by atoms with Crippen LogP contribution in [0.2, 0.25) is 0 Å². The maximum Gasteiger partial charge on any atom is 0.344 e. The van der Waals surface area contributed by atoms with Crippen LogP contribution in [0.5, 0.6) is 11.5 Å². The van der Waals surface area contributed by atoms with Gasteiger partial charge in [0.2, 0.25) is 0 Å². The average Bonchev–Trinajstić information content (AvgIpc) is 2.98. The van der Waals surface area contributed by atoms with E-state index in [1.54, 1.807) is 6.07 Å². The summed E-state index contributed by atoms with van der Waals surface area (Å²) in [6, 6.07) is 3.63. The topological polar surface area (TPSA) is 105 Å². The molecule has 0 bridgehead atoms. The number of phosphoric ester groups is 1. The van der Waals surface area contributed by atoms with Crippen LogP contribution in [0.1, 0.15) is 154 Å². The molecule has 0 spiro atoms. The zero-order valence-corrected chi connectivity index (χ0v) is 29.3. The van der Waals surface area contributed by atoms with Crippen molar-refractivity contribution < 1.29 is 33.1 Å². The lowest BCUT2D eigenvalue weighted by molar-refractivity contribution is -0.240. The lowest BCUT2D eigenvalue weighted by Crippen LogP contribution is -2.46. The van der Waals surface area contributed by atoms with Crippen LogP contribution < -0.4 is 9.63 Å². The van der Waals surface area contributed by atoms with E-state index >= 15 is 0 Å². The van der Waals surface area contributed by atoms with Gasteiger partial charge < -0.3 is 19.3 Å². The summed E-state index contributed by atoms with van der Waals surface area (Å²) in [6.45, 7) is 12.7. The lowest BCUT2D eigenvalue weighted by atomic mass is 9.73. The van der Waals surface area contributed by atoms with Crippen LogP contribution in [-0.4, -0.2) is 23.3 Å². The van der Waals surface area contributed by atoms with Crippen LogP contribution in [0.15, 0.2) is 35.9 Å². The Morgan fingerprint density at radius 3 is 2.33 bits per heavy atom. The third-order valence-corrected chi connectivity index (χ3v) is 10.6. The summed E-state index contributed by atoms with van der Waals surface area (Å²) in [7, 11) is -4.78. The van der Waals surface area contributed by atoms with Crippen molar-refractivity contribution in [1.29, 1.82) is 0 Å². The molecule has 1 aromatic rings. The van der Waals surface area contributed by atoms with Gasteiger partial charge in [0, 0.05) is 11.5 Å². The van der Waals surface area contributed by atoms with Crippen LogP contribution in [-0.2, 0) is 24.8 Å². The molecule has 2 aliphatic carbocycles. The highest BCUT2D eigenvalue weighted by molar-refractivity contribution is 7.46. The zero-order chi connectivity index (χ0) is 32.9. The number of aromatic hydroxyl groups is 1. The van der Waals surface area contributed by atoms with E-state index in [9.17, 15) is 19.4 Å². The van der Waals surface area contributed by atoms with Crippen molar-refractivity contribution in [2.75, 3.05) is 6.61 Å². The van der Waals surface area contributed by atoms with E-state index < -0.39 is 19.4 Å². The number of esters is 1. The fourth-order valence-electron chi connectivity index (χ4n) is 6.84. The number of allylic oxidation sites excluding steroid dienone is 3. The predicted octanol–water partition coefficient (Wildman–Crippen LogP) is 10.0. The molecular weight excluding hydrogens is 587 g/mol. The maximum atomic E-state index is 14.1. The minimum Gasteiger partial charge on any atom is -0.756 e. The van der Waals surface area contributed by atoms with Crippen LogP contribution >= 0.6 is 7.82 Å². The molecule has 1 aromatic carbocycles. The first-order valence-electron chi connectivity index (χ1n) is 17.6. The van der Waals surface area contributed by atoms with E-state index in [4.69, 9.17) is 13.8 Å². The Balaban J connectivity index is 1.86. The van der Waals surface area contributed by atoms with Gasteiger partial charge >= 0.3 is 5.97 Å². The molecular formula is C37H58O7P-. The third kappa shape index (κ3) is 11.4. The number of phosphoric acid groups is 1. The highest BCUT2D eigenvalue weighted by Gasteiger charge is 2.46. The molecule has 3 atom stereocenters. The Labute approximate surface area is 272 Å². The van der Waals surface area contributed by atoms with Gasteiger partial charge in [-0.25, -0.2) is 4.79 Å². The zero-order valence-electron chi connectivity index (χ0n) is 28.4. The molecule has 3 rings (SSSR count). The first kappa shape index (κ1) is 37.5. The summed E-state index contributed by atoms with van der Waals surface area (Å²) in [5, 5.41) is 11.4. The number of carbonyl (C=O) groups excluding carboxylic acids is 1. The van der Waals surface area contributed by atoms with Crippen molar-refractivity contribution in [2.24, 2.45) is 5.92 Å². The molecule has 0 heterocycles. The molecule has 0 aromatic heterocycles. The van der Waals surface area contributed by atoms with Crippen LogP contribution in [0, 0.1) is 5.92 Å². The van der Waals surface area contributed by atoms with Crippen molar-refractivity contribution in [2.45, 2.75) is 155 Å². The fourth-order valence-corrected chi connectivity index (χ4v) is 7.93. The van der Waals surface area contributed by atoms with E-state index in [0.717, 1.165) is 75.3 Å². The molecule has 254 valence electrons. The molecule has 0 amide bonds. The number of phenolic OH excluding ortho intramolecular Hbond substituents is 1. The van der Waals surface area contributed by atoms with E-state index in [-0.39, 0.29) is 42.8 Å². The molecule has 1 unspecified atom stereocenters. The average molecular weight is 646 g/mol. The van der Waals surface area contributed by atoms with E-state index in [0.29, 0.717) is 24.8 Å². The van der Waals surface area contributed by atoms with Gasteiger partial charge in [0.15, 0.2) is 5.60 Å². The van der Waals surface area contributed by atoms with Crippen LogP contribution in [0.3, 0.4) is 0 Å². The first-order valence-corrected chi connectivity index (χ1v) is 19.0. The van der Waals surface area contributed by atoms with Crippen molar-refractivity contribution >= 4 is 13.8 Å². The first-order chi connectivity index (χ1) is 21.5. The Morgan fingerprint density at radius 1 is 1.02 bits per heavy atom. The Kier molecular flexibility index (Phi) is 15.4. The van der Waals surface area contributed by atoms with Crippen molar-refractivity contribution in [3.05, 3.63) is 47.1 Å². The Bertz CT molecular complexity index is 1180. The lowest BCUT2D eigenvalue weighted by Gasteiger charge is -2.39. The summed E-state index contributed by atoms with van der Waals surface area (Å²) in [4.78, 5) is 27.2. The van der Waals surface area contributed by atoms with E-state index in [1.165, 1.54) is 24.8 Å². The van der Waals surface area contributed by atoms with Gasteiger partial charge in [-0.05, 0) is 95.2 Å². The standard InChI is InChI=1S/C37H59O7P/c1-6-8-10-11-12-13-18-24-42-45(40,41)44-37(22-16-14-17-23-37)36(39)43-34-27-30(19-15-9-7-2)26-33(38)35(34)32-25-29(5)20-21-31(32)28(3)4/h25-27,31-32,38H,3,6-24H2,1-2,4-5H3,(H,40,41)/p-1/t31-,32+/m0/s1. The molecule has 1 saturated carbocycles. The SMILES string of the molecule is C=C(C)[C@@H]1CCC(C)=C[C@H]1c1c(O)cc(CCCCC)cc1OC(=O)C1(OP(=O)([O-])OCCCCCCCCC)CCCCC1. The van der Waals surface area contributed by atoms with Crippen molar-refractivity contribution in [1.82, 2.24) is 0 Å². The second-order valence-electron chi connectivity index (χ2n) is 13.5. The number of unbranched alkanes of at least 4 members (excludes halogenated alkanes) is 8. The normalized spacial score (nSPS) is 21.1. The fraction of sp³-hybridized carbons (Fsp3) is 0.703. The molecule has 45 heavy (non-hydrogen) atoms. The van der Waals surface area contributed by atoms with Crippen molar-refractivity contribution in [3.8, 4) is 11.5 Å². The summed E-state index contributed by atoms with van der Waals surface area (Å²) < 4.78 is 30.2. The molecule has 7 nitrogen and oxygen atoms in total. The second-order valence-corrected chi connectivity index (χ2v) is 14.8. The number of hydrogen-bond acceptors (Lipinski definition) is 7. The summed E-state index contributed by atoms with van der Waals surface area (Å²) >= 11 is 0. The number of phenols is 1. The van der Waals surface area contributed by atoms with Gasteiger partial charge in [0.1, 0.15) is 11.5 Å². The quantitative estimate of drug-likeness (QED) is 0.0525. The molecule has 2 aliphatic rings. The minimum absolute atomic E-state index is 0.0349. The molecule has 8 heteroatoms.